The predicted molar refractivity (Wildman–Crippen MR) is 134 cm³/mol. The van der Waals surface area contributed by atoms with Crippen LogP contribution in [0.1, 0.15) is 29.4 Å². The van der Waals surface area contributed by atoms with Crippen molar-refractivity contribution in [2.24, 2.45) is 5.10 Å². The van der Waals surface area contributed by atoms with E-state index in [1.54, 1.807) is 13.1 Å². The number of hydrogen-bond acceptors (Lipinski definition) is 5. The summed E-state index contributed by atoms with van der Waals surface area (Å²) in [5.74, 6) is -0.466. The average molecular weight is 511 g/mol. The molecule has 8 heteroatoms. The minimum atomic E-state index is -0.236. The Bertz CT molecular complexity index is 1140. The molecule has 33 heavy (non-hydrogen) atoms. The second-order valence-electron chi connectivity index (χ2n) is 7.46. The van der Waals surface area contributed by atoms with Gasteiger partial charge in [-0.25, -0.2) is 5.43 Å². The number of anilines is 1. The molecule has 0 radical (unpaired) electrons. The summed E-state index contributed by atoms with van der Waals surface area (Å²) in [4.78, 5) is 23.7. The Kier molecular flexibility index (Phi) is 8.43. The fourth-order valence-corrected chi connectivity index (χ4v) is 3.68. The molecule has 3 aromatic rings. The molecule has 0 saturated heterocycles. The number of hydrazone groups is 1. The third kappa shape index (κ3) is 6.79. The fourth-order valence-electron chi connectivity index (χ4n) is 3.42. The summed E-state index contributed by atoms with van der Waals surface area (Å²) < 4.78 is 8.09. The van der Waals surface area contributed by atoms with Crippen molar-refractivity contribution in [1.29, 1.82) is 0 Å². The molecule has 0 unspecified atom stereocenters. The fraction of sp³-hybridized carbons (Fsp3) is 0.240. The minimum absolute atomic E-state index is 0.121. The Hall–Kier alpha value is -3.39. The van der Waals surface area contributed by atoms with E-state index in [1.165, 1.54) is 0 Å². The number of carbonyl (C=O) groups is 2. The van der Waals surface area contributed by atoms with Gasteiger partial charge in [0.1, 0.15) is 0 Å². The molecule has 0 spiro atoms. The quantitative estimate of drug-likeness (QED) is 0.251. The highest BCUT2D eigenvalue weighted by Crippen LogP contribution is 2.20. The zero-order chi connectivity index (χ0) is 23.8. The van der Waals surface area contributed by atoms with Crippen LogP contribution in [0.15, 0.2) is 64.2 Å². The van der Waals surface area contributed by atoms with Gasteiger partial charge in [0.15, 0.2) is 0 Å². The number of ether oxygens (including phenoxy) is 1. The molecule has 1 aromatic heterocycles. The second kappa shape index (κ2) is 11.5. The summed E-state index contributed by atoms with van der Waals surface area (Å²) >= 11 is 3.38. The maximum Gasteiger partial charge on any atom is 0.310 e. The molecule has 7 nitrogen and oxygen atoms in total. The van der Waals surface area contributed by atoms with Crippen molar-refractivity contribution < 1.29 is 14.3 Å². The Morgan fingerprint density at radius 1 is 1.09 bits per heavy atom. The van der Waals surface area contributed by atoms with Gasteiger partial charge in [0.2, 0.25) is 0 Å². The molecule has 3 rings (SSSR count). The van der Waals surface area contributed by atoms with E-state index in [4.69, 9.17) is 4.74 Å². The van der Waals surface area contributed by atoms with Gasteiger partial charge in [-0.2, -0.15) is 5.10 Å². The van der Waals surface area contributed by atoms with Crippen molar-refractivity contribution in [3.05, 3.63) is 81.6 Å². The Balaban J connectivity index is 1.60. The molecule has 0 fully saturated rings. The van der Waals surface area contributed by atoms with E-state index in [-0.39, 0.29) is 24.8 Å². The molecule has 172 valence electrons. The van der Waals surface area contributed by atoms with E-state index in [2.05, 4.69) is 36.3 Å². The number of carbonyl (C=O) groups excluding carboxylic acids is 2. The predicted octanol–water partition coefficient (Wildman–Crippen LogP) is 4.52. The highest BCUT2D eigenvalue weighted by atomic mass is 79.9. The smallest absolute Gasteiger partial charge is 0.310 e. The average Bonchev–Trinajstić information content (AvgIpc) is 3.07. The van der Waals surface area contributed by atoms with Crippen LogP contribution in [0, 0.1) is 13.8 Å². The lowest BCUT2D eigenvalue weighted by Crippen LogP contribution is -2.25. The molecule has 2 N–H and O–H groups in total. The number of hydrogen-bond donors (Lipinski definition) is 2. The van der Waals surface area contributed by atoms with Crippen LogP contribution < -0.4 is 10.7 Å². The number of benzene rings is 2. The van der Waals surface area contributed by atoms with Gasteiger partial charge in [0, 0.05) is 32.8 Å². The summed E-state index contributed by atoms with van der Waals surface area (Å²) in [6, 6.07) is 17.4. The van der Waals surface area contributed by atoms with E-state index in [1.807, 2.05) is 68.4 Å². The van der Waals surface area contributed by atoms with E-state index < -0.39 is 0 Å². The van der Waals surface area contributed by atoms with Gasteiger partial charge < -0.3 is 14.6 Å². The summed E-state index contributed by atoms with van der Waals surface area (Å²) in [6.45, 7) is 6.31. The number of nitrogens with one attached hydrogen (secondary N) is 2. The maximum absolute atomic E-state index is 12.1. The van der Waals surface area contributed by atoms with Crippen molar-refractivity contribution >= 4 is 39.7 Å². The normalized spacial score (nSPS) is 10.9. The van der Waals surface area contributed by atoms with Crippen LogP contribution >= 0.6 is 15.9 Å². The highest BCUT2D eigenvalue weighted by molar-refractivity contribution is 9.10. The molecule has 0 bridgehead atoms. The lowest BCUT2D eigenvalue weighted by molar-refractivity contribution is -0.142. The minimum Gasteiger partial charge on any atom is -0.466 e. The van der Waals surface area contributed by atoms with Gasteiger partial charge in [-0.15, -0.1) is 0 Å². The number of aromatic nitrogens is 1. The number of halogens is 1. The number of amides is 1. The highest BCUT2D eigenvalue weighted by Gasteiger charge is 2.11. The van der Waals surface area contributed by atoms with Gasteiger partial charge in [0.05, 0.1) is 25.8 Å². The summed E-state index contributed by atoms with van der Waals surface area (Å²) in [6.07, 6.45) is 1.90. The topological polar surface area (TPSA) is 84.7 Å². The molecule has 0 aliphatic rings. The molecule has 0 atom stereocenters. The number of nitrogens with zero attached hydrogens (tertiary/aromatic N) is 2. The van der Waals surface area contributed by atoms with Gasteiger partial charge in [0.25, 0.3) is 5.91 Å². The zero-order valence-electron chi connectivity index (χ0n) is 18.9. The number of rotatable bonds is 9. The van der Waals surface area contributed by atoms with Crippen LogP contribution in [0.5, 0.6) is 0 Å². The molecule has 0 aliphatic carbocycles. The van der Waals surface area contributed by atoms with Crippen molar-refractivity contribution in [3.63, 3.8) is 0 Å². The van der Waals surface area contributed by atoms with Crippen molar-refractivity contribution in [3.8, 4) is 5.69 Å². The van der Waals surface area contributed by atoms with Crippen LogP contribution in [0.3, 0.4) is 0 Å². The number of aryl methyl sites for hydroxylation is 1. The first-order chi connectivity index (χ1) is 15.9. The largest absolute Gasteiger partial charge is 0.466 e. The maximum atomic E-state index is 12.1. The van der Waals surface area contributed by atoms with Crippen LogP contribution in [-0.4, -0.2) is 35.8 Å². The van der Waals surface area contributed by atoms with E-state index >= 15 is 0 Å². The summed E-state index contributed by atoms with van der Waals surface area (Å²) in [5.41, 5.74) is 8.24. The third-order valence-electron chi connectivity index (χ3n) is 5.01. The van der Waals surface area contributed by atoms with E-state index in [9.17, 15) is 9.59 Å². The molecule has 2 aromatic carbocycles. The van der Waals surface area contributed by atoms with Crippen molar-refractivity contribution in [2.75, 3.05) is 18.5 Å². The second-order valence-corrected chi connectivity index (χ2v) is 8.38. The summed E-state index contributed by atoms with van der Waals surface area (Å²) in [5, 5.41) is 7.15. The molecular formula is C25H27BrN4O3. The Morgan fingerprint density at radius 3 is 2.45 bits per heavy atom. The lowest BCUT2D eigenvalue weighted by Gasteiger charge is -2.10. The van der Waals surface area contributed by atoms with Gasteiger partial charge in [-0.05, 0) is 68.8 Å². The first-order valence-electron chi connectivity index (χ1n) is 10.6. The third-order valence-corrected chi connectivity index (χ3v) is 5.54. The zero-order valence-corrected chi connectivity index (χ0v) is 20.5. The Morgan fingerprint density at radius 2 is 1.79 bits per heavy atom. The van der Waals surface area contributed by atoms with E-state index in [0.717, 1.165) is 38.4 Å². The van der Waals surface area contributed by atoms with Crippen LogP contribution in [0.2, 0.25) is 0 Å². The summed E-state index contributed by atoms with van der Waals surface area (Å²) in [7, 11) is 0. The molecule has 1 amide bonds. The van der Waals surface area contributed by atoms with Crippen LogP contribution in [0.4, 0.5) is 5.69 Å². The van der Waals surface area contributed by atoms with Gasteiger partial charge in [-0.1, -0.05) is 28.1 Å². The Labute approximate surface area is 202 Å². The van der Waals surface area contributed by atoms with Crippen molar-refractivity contribution in [2.45, 2.75) is 27.2 Å². The first-order valence-corrected chi connectivity index (χ1v) is 11.4. The molecular weight excluding hydrogens is 484 g/mol. The standard InChI is InChI=1S/C25H27BrN4O3/c1-4-33-25(32)14-19-5-11-23(12-6-19)30-17(2)13-20(18(30)3)15-28-29-24(31)16-27-22-9-7-21(26)8-10-22/h5-13,15,27H,4,14,16H2,1-3H3,(H,29,31)/b28-15-. The molecule has 0 saturated carbocycles. The lowest BCUT2D eigenvalue weighted by atomic mass is 10.1. The van der Waals surface area contributed by atoms with Crippen LogP contribution in [-0.2, 0) is 20.7 Å². The van der Waals surface area contributed by atoms with E-state index in [0.29, 0.717) is 6.61 Å². The van der Waals surface area contributed by atoms with Crippen LogP contribution in [0.25, 0.3) is 5.69 Å². The van der Waals surface area contributed by atoms with Crippen molar-refractivity contribution in [1.82, 2.24) is 9.99 Å². The molecule has 1 heterocycles. The molecule has 0 aliphatic heterocycles. The first kappa shape index (κ1) is 24.3. The van der Waals surface area contributed by atoms with Gasteiger partial charge in [-0.3, -0.25) is 9.59 Å². The monoisotopic (exact) mass is 510 g/mol. The number of esters is 1. The SMILES string of the molecule is CCOC(=O)Cc1ccc(-n2c(C)cc(/C=N\NC(=O)CNc3ccc(Br)cc3)c2C)cc1. The van der Waals surface area contributed by atoms with Gasteiger partial charge >= 0.3 is 5.97 Å².